The molecular weight excluding hydrogens is 665 g/mol. The second kappa shape index (κ2) is 16.6. The van der Waals surface area contributed by atoms with E-state index in [1.165, 1.54) is 0 Å². The highest BCUT2D eigenvalue weighted by molar-refractivity contribution is 6.35. The third-order valence-electron chi connectivity index (χ3n) is 8.10. The van der Waals surface area contributed by atoms with E-state index in [2.05, 4.69) is 20.9 Å². The quantitative estimate of drug-likeness (QED) is 0.0402. The third kappa shape index (κ3) is 8.64. The zero-order valence-electron chi connectivity index (χ0n) is 27.1. The molecule has 0 saturated carbocycles. The molecule has 2 atom stereocenters. The molecule has 0 fully saturated rings. The predicted octanol–water partition coefficient (Wildman–Crippen LogP) is 6.95. The normalized spacial score (nSPS) is 16.7. The molecule has 4 aromatic carbocycles. The van der Waals surface area contributed by atoms with Crippen LogP contribution in [0.3, 0.4) is 0 Å². The number of rotatable bonds is 15. The number of aliphatic hydroxyl groups is 1. The molecular formula is C36H37Cl2N7O4. The molecule has 0 radical (unpaired) electrons. The van der Waals surface area contributed by atoms with Crippen molar-refractivity contribution in [1.82, 2.24) is 10.9 Å². The number of anilines is 1. The number of benzene rings is 4. The van der Waals surface area contributed by atoms with Crippen LogP contribution in [0.15, 0.2) is 101 Å². The fourth-order valence-electron chi connectivity index (χ4n) is 5.50. The molecule has 13 heteroatoms. The number of nitrogens with zero attached hydrogens (tertiary/aromatic N) is 5. The summed E-state index contributed by atoms with van der Waals surface area (Å²) in [4.78, 5) is 24.6. The fraction of sp³-hybridized carbons (Fsp3) is 0.278. The Morgan fingerprint density at radius 1 is 1.06 bits per heavy atom. The van der Waals surface area contributed by atoms with Gasteiger partial charge < -0.3 is 19.5 Å². The molecule has 1 aliphatic rings. The van der Waals surface area contributed by atoms with Gasteiger partial charge in [-0.1, -0.05) is 70.8 Å². The van der Waals surface area contributed by atoms with E-state index in [9.17, 15) is 4.79 Å². The Morgan fingerprint density at radius 2 is 1.80 bits per heavy atom. The summed E-state index contributed by atoms with van der Waals surface area (Å²) in [5, 5.41) is 13.6. The topological polar surface area (TPSA) is 144 Å². The molecule has 254 valence electrons. The van der Waals surface area contributed by atoms with Gasteiger partial charge in [-0.2, -0.15) is 0 Å². The second-order valence-electron chi connectivity index (χ2n) is 11.7. The monoisotopic (exact) mass is 701 g/mol. The standard InChI is InChI=1S/C36H37Cl2N7O4/c1-45(2)29-13-8-24(9-14-29)22-40-43-35(47)36(21-26-6-3-4-7-27(26)23-41-44-39)33(31-17-12-28(37)20-32(31)38)49-34(42-36)25-10-15-30(16-11-25)48-19-5-18-46/h3-4,6-17,20,33,40,46H,5,18-19,21-23H2,1-2H3,(H,43,47)/t33-,36-/m0/s1. The molecule has 3 N–H and O–H groups in total. The Kier molecular flexibility index (Phi) is 12.0. The van der Waals surface area contributed by atoms with Crippen molar-refractivity contribution in [2.24, 2.45) is 10.1 Å². The highest BCUT2D eigenvalue weighted by Crippen LogP contribution is 2.45. The van der Waals surface area contributed by atoms with Gasteiger partial charge >= 0.3 is 0 Å². The zero-order chi connectivity index (χ0) is 34.8. The zero-order valence-corrected chi connectivity index (χ0v) is 28.7. The molecule has 4 aromatic rings. The summed E-state index contributed by atoms with van der Waals surface area (Å²) in [6, 6.07) is 27.6. The Balaban J connectivity index is 1.56. The summed E-state index contributed by atoms with van der Waals surface area (Å²) >= 11 is 13.1. The van der Waals surface area contributed by atoms with Gasteiger partial charge in [0.1, 0.15) is 5.75 Å². The number of aliphatic hydroxyl groups excluding tert-OH is 1. The van der Waals surface area contributed by atoms with E-state index in [0.717, 1.165) is 22.4 Å². The molecule has 5 rings (SSSR count). The van der Waals surface area contributed by atoms with Crippen LogP contribution in [0, 0.1) is 0 Å². The van der Waals surface area contributed by atoms with Crippen LogP contribution in [-0.4, -0.2) is 49.8 Å². The van der Waals surface area contributed by atoms with Gasteiger partial charge in [-0.05, 0) is 70.8 Å². The number of amides is 1. The predicted molar refractivity (Wildman–Crippen MR) is 192 cm³/mol. The average Bonchev–Trinajstić information content (AvgIpc) is 3.48. The van der Waals surface area contributed by atoms with Crippen molar-refractivity contribution in [3.63, 3.8) is 0 Å². The first-order valence-electron chi connectivity index (χ1n) is 15.7. The molecule has 0 spiro atoms. The number of hydrazine groups is 1. The van der Waals surface area contributed by atoms with Gasteiger partial charge in [0, 0.05) is 71.9 Å². The van der Waals surface area contributed by atoms with E-state index < -0.39 is 17.6 Å². The molecule has 11 nitrogen and oxygen atoms in total. The van der Waals surface area contributed by atoms with Gasteiger partial charge in [-0.3, -0.25) is 10.2 Å². The first kappa shape index (κ1) is 35.5. The number of carbonyl (C=O) groups excluding carboxylic acids is 1. The van der Waals surface area contributed by atoms with Crippen LogP contribution in [0.5, 0.6) is 5.75 Å². The van der Waals surface area contributed by atoms with Gasteiger partial charge in [0.25, 0.3) is 5.91 Å². The Hall–Kier alpha value is -4.77. The maximum absolute atomic E-state index is 14.6. The molecule has 1 amide bonds. The van der Waals surface area contributed by atoms with Gasteiger partial charge in [-0.15, -0.1) is 0 Å². The van der Waals surface area contributed by atoms with Gasteiger partial charge in [-0.25, -0.2) is 10.4 Å². The van der Waals surface area contributed by atoms with Crippen molar-refractivity contribution in [3.8, 4) is 5.75 Å². The number of azide groups is 1. The Bertz CT molecular complexity index is 1830. The molecule has 1 heterocycles. The largest absolute Gasteiger partial charge is 0.494 e. The highest BCUT2D eigenvalue weighted by atomic mass is 35.5. The molecule has 0 saturated heterocycles. The minimum Gasteiger partial charge on any atom is -0.494 e. The lowest BCUT2D eigenvalue weighted by Crippen LogP contribution is -2.53. The lowest BCUT2D eigenvalue weighted by Gasteiger charge is -2.32. The lowest BCUT2D eigenvalue weighted by atomic mass is 9.81. The fourth-order valence-corrected chi connectivity index (χ4v) is 6.01. The van der Waals surface area contributed by atoms with Crippen LogP contribution in [0.4, 0.5) is 5.69 Å². The van der Waals surface area contributed by atoms with Crippen molar-refractivity contribution in [2.75, 3.05) is 32.2 Å². The van der Waals surface area contributed by atoms with E-state index in [-0.39, 0.29) is 25.5 Å². The number of nitrogens with one attached hydrogen (secondary N) is 2. The smallest absolute Gasteiger partial charge is 0.266 e. The van der Waals surface area contributed by atoms with Crippen LogP contribution in [-0.2, 0) is 29.0 Å². The minimum absolute atomic E-state index is 0.0328. The van der Waals surface area contributed by atoms with Crippen LogP contribution >= 0.6 is 23.2 Å². The van der Waals surface area contributed by atoms with Crippen molar-refractivity contribution in [2.45, 2.75) is 37.6 Å². The number of ether oxygens (including phenoxy) is 2. The van der Waals surface area contributed by atoms with Crippen molar-refractivity contribution in [3.05, 3.63) is 139 Å². The van der Waals surface area contributed by atoms with Crippen LogP contribution < -0.4 is 20.5 Å². The minimum atomic E-state index is -1.57. The van der Waals surface area contributed by atoms with E-state index >= 15 is 0 Å². The molecule has 0 unspecified atom stereocenters. The lowest BCUT2D eigenvalue weighted by molar-refractivity contribution is -0.130. The summed E-state index contributed by atoms with van der Waals surface area (Å²) in [6.07, 6.45) is -0.374. The summed E-state index contributed by atoms with van der Waals surface area (Å²) in [5.41, 5.74) is 18.1. The Labute approximate surface area is 295 Å². The number of aliphatic imine (C=N–C) groups is 1. The van der Waals surface area contributed by atoms with E-state index in [0.29, 0.717) is 46.5 Å². The highest BCUT2D eigenvalue weighted by Gasteiger charge is 2.54. The van der Waals surface area contributed by atoms with Crippen LogP contribution in [0.2, 0.25) is 10.0 Å². The molecule has 0 bridgehead atoms. The van der Waals surface area contributed by atoms with Crippen LogP contribution in [0.25, 0.3) is 10.4 Å². The van der Waals surface area contributed by atoms with Crippen LogP contribution in [0.1, 0.15) is 40.3 Å². The number of halogens is 2. The summed E-state index contributed by atoms with van der Waals surface area (Å²) in [5.74, 6) is 0.401. The maximum atomic E-state index is 14.6. The number of carbonyl (C=O) groups is 1. The molecule has 1 aliphatic heterocycles. The van der Waals surface area contributed by atoms with Gasteiger partial charge in [0.05, 0.1) is 13.2 Å². The SMILES string of the molecule is CN(C)c1ccc(CNNC(=O)[C@@]2(Cc3ccccc3CN=[N+]=[N-])N=C(c3ccc(OCCCO)cc3)O[C@H]2c2ccc(Cl)cc2Cl)cc1. The number of hydrogen-bond acceptors (Lipinski definition) is 8. The summed E-state index contributed by atoms with van der Waals surface area (Å²) in [6.45, 7) is 0.846. The van der Waals surface area contributed by atoms with Gasteiger partial charge in [0.2, 0.25) is 5.90 Å². The van der Waals surface area contributed by atoms with E-state index in [4.69, 9.17) is 48.3 Å². The van der Waals surface area contributed by atoms with Gasteiger partial charge in [0.15, 0.2) is 11.6 Å². The first-order valence-corrected chi connectivity index (χ1v) is 16.4. The number of hydrogen-bond donors (Lipinski definition) is 3. The molecule has 0 aliphatic carbocycles. The van der Waals surface area contributed by atoms with Crippen molar-refractivity contribution < 1.29 is 19.4 Å². The molecule has 49 heavy (non-hydrogen) atoms. The first-order chi connectivity index (χ1) is 23.7. The maximum Gasteiger partial charge on any atom is 0.266 e. The van der Waals surface area contributed by atoms with E-state index in [1.54, 1.807) is 42.5 Å². The van der Waals surface area contributed by atoms with Crippen molar-refractivity contribution in [1.29, 1.82) is 0 Å². The summed E-state index contributed by atoms with van der Waals surface area (Å²) < 4.78 is 12.3. The Morgan fingerprint density at radius 3 is 2.47 bits per heavy atom. The second-order valence-corrected chi connectivity index (χ2v) is 12.5. The van der Waals surface area contributed by atoms with Crippen molar-refractivity contribution >= 4 is 40.7 Å². The average molecular weight is 703 g/mol. The summed E-state index contributed by atoms with van der Waals surface area (Å²) in [7, 11) is 3.95. The van der Waals surface area contributed by atoms with E-state index in [1.807, 2.05) is 67.5 Å². The third-order valence-corrected chi connectivity index (χ3v) is 8.67. The molecule has 0 aromatic heterocycles.